The van der Waals surface area contributed by atoms with E-state index < -0.39 is 0 Å². The highest BCUT2D eigenvalue weighted by Crippen LogP contribution is 2.18. The van der Waals surface area contributed by atoms with Crippen molar-refractivity contribution in [2.24, 2.45) is 0 Å². The van der Waals surface area contributed by atoms with Crippen LogP contribution in [-0.4, -0.2) is 61.4 Å². The van der Waals surface area contributed by atoms with Gasteiger partial charge in [-0.25, -0.2) is 0 Å². The Labute approximate surface area is 154 Å². The average Bonchev–Trinajstić information content (AvgIpc) is 2.62. The molecule has 1 aliphatic heterocycles. The zero-order chi connectivity index (χ0) is 19.3. The fraction of sp³-hybridized carbons (Fsp3) is 0.526. The van der Waals surface area contributed by atoms with Crippen LogP contribution < -0.4 is 15.5 Å². The molecule has 0 radical (unpaired) electrons. The SMILES string of the molecule is CC(=O)N1CC[NH+]([C@H](C)C(=O)NCC(=O)Nc2c(C)cccc2C)CC1. The molecule has 3 N–H and O–H groups in total. The molecule has 2 rings (SSSR count). The van der Waals surface area contributed by atoms with Crippen molar-refractivity contribution in [1.29, 1.82) is 0 Å². The number of aryl methyl sites for hydroxylation is 2. The maximum absolute atomic E-state index is 12.4. The minimum Gasteiger partial charge on any atom is -0.342 e. The fourth-order valence-corrected chi connectivity index (χ4v) is 3.24. The lowest BCUT2D eigenvalue weighted by atomic mass is 10.1. The van der Waals surface area contributed by atoms with Crippen LogP contribution in [-0.2, 0) is 14.4 Å². The second-order valence-corrected chi connectivity index (χ2v) is 6.92. The number of nitrogens with one attached hydrogen (secondary N) is 3. The van der Waals surface area contributed by atoms with Crippen LogP contribution in [0.4, 0.5) is 5.69 Å². The van der Waals surface area contributed by atoms with Gasteiger partial charge in [0, 0.05) is 12.6 Å². The van der Waals surface area contributed by atoms with E-state index in [2.05, 4.69) is 10.6 Å². The zero-order valence-corrected chi connectivity index (χ0v) is 16.0. The lowest BCUT2D eigenvalue weighted by Gasteiger charge is -2.34. The molecule has 0 aliphatic carbocycles. The molecule has 26 heavy (non-hydrogen) atoms. The molecular formula is C19H29N4O3+. The summed E-state index contributed by atoms with van der Waals surface area (Å²) in [6, 6.07) is 5.57. The Morgan fingerprint density at radius 2 is 1.73 bits per heavy atom. The van der Waals surface area contributed by atoms with Crippen LogP contribution in [0.3, 0.4) is 0 Å². The van der Waals surface area contributed by atoms with Gasteiger partial charge in [-0.2, -0.15) is 0 Å². The summed E-state index contributed by atoms with van der Waals surface area (Å²) in [7, 11) is 0. The number of para-hydroxylation sites is 1. The minimum atomic E-state index is -0.253. The number of anilines is 1. The van der Waals surface area contributed by atoms with Crippen molar-refractivity contribution >= 4 is 23.4 Å². The van der Waals surface area contributed by atoms with E-state index >= 15 is 0 Å². The summed E-state index contributed by atoms with van der Waals surface area (Å²) in [6.45, 7) is 10.0. The molecule has 1 aromatic rings. The van der Waals surface area contributed by atoms with E-state index in [0.29, 0.717) is 13.1 Å². The molecule has 7 nitrogen and oxygen atoms in total. The van der Waals surface area contributed by atoms with Gasteiger partial charge in [-0.1, -0.05) is 18.2 Å². The third kappa shape index (κ3) is 5.05. The second kappa shape index (κ2) is 8.80. The average molecular weight is 361 g/mol. The number of piperazine rings is 1. The van der Waals surface area contributed by atoms with Crippen LogP contribution in [0.1, 0.15) is 25.0 Å². The Morgan fingerprint density at radius 3 is 2.27 bits per heavy atom. The van der Waals surface area contributed by atoms with Crippen LogP contribution in [0.15, 0.2) is 18.2 Å². The molecule has 1 fully saturated rings. The van der Waals surface area contributed by atoms with E-state index in [9.17, 15) is 14.4 Å². The van der Waals surface area contributed by atoms with Crippen molar-refractivity contribution in [2.45, 2.75) is 33.7 Å². The molecule has 142 valence electrons. The first-order chi connectivity index (χ1) is 12.3. The van der Waals surface area contributed by atoms with E-state index in [1.54, 1.807) is 11.8 Å². The Kier molecular flexibility index (Phi) is 6.74. The van der Waals surface area contributed by atoms with Gasteiger partial charge in [0.1, 0.15) is 0 Å². The van der Waals surface area contributed by atoms with E-state index in [1.165, 1.54) is 0 Å². The summed E-state index contributed by atoms with van der Waals surface area (Å²) in [6.07, 6.45) is 0. The van der Waals surface area contributed by atoms with Crippen molar-refractivity contribution in [3.05, 3.63) is 29.3 Å². The van der Waals surface area contributed by atoms with Crippen molar-refractivity contribution in [3.8, 4) is 0 Å². The first-order valence-corrected chi connectivity index (χ1v) is 9.03. The number of carbonyl (C=O) groups is 3. The van der Waals surface area contributed by atoms with Gasteiger partial charge in [0.25, 0.3) is 5.91 Å². The predicted octanol–water partition coefficient (Wildman–Crippen LogP) is -0.506. The summed E-state index contributed by atoms with van der Waals surface area (Å²) in [5.74, 6) is -0.309. The Morgan fingerprint density at radius 1 is 1.15 bits per heavy atom. The molecular weight excluding hydrogens is 332 g/mol. The van der Waals surface area contributed by atoms with Gasteiger partial charge >= 0.3 is 0 Å². The predicted molar refractivity (Wildman–Crippen MR) is 100.0 cm³/mol. The number of benzene rings is 1. The van der Waals surface area contributed by atoms with Gasteiger partial charge in [0.2, 0.25) is 11.8 Å². The van der Waals surface area contributed by atoms with Gasteiger partial charge in [0.05, 0.1) is 32.7 Å². The smallest absolute Gasteiger partial charge is 0.278 e. The van der Waals surface area contributed by atoms with Crippen LogP contribution in [0.25, 0.3) is 0 Å². The van der Waals surface area contributed by atoms with Gasteiger partial charge in [-0.15, -0.1) is 0 Å². The minimum absolute atomic E-state index is 0.0518. The topological polar surface area (TPSA) is 83.0 Å². The highest BCUT2D eigenvalue weighted by Gasteiger charge is 2.29. The molecule has 1 aliphatic rings. The quantitative estimate of drug-likeness (QED) is 0.661. The third-order valence-electron chi connectivity index (χ3n) is 5.03. The highest BCUT2D eigenvalue weighted by atomic mass is 16.2. The van der Waals surface area contributed by atoms with Crippen LogP contribution in [0.5, 0.6) is 0 Å². The maximum Gasteiger partial charge on any atom is 0.278 e. The van der Waals surface area contributed by atoms with Crippen molar-refractivity contribution in [2.75, 3.05) is 38.0 Å². The largest absolute Gasteiger partial charge is 0.342 e. The van der Waals surface area contributed by atoms with Crippen molar-refractivity contribution in [1.82, 2.24) is 10.2 Å². The number of carbonyl (C=O) groups excluding carboxylic acids is 3. The van der Waals surface area contributed by atoms with Gasteiger partial charge in [-0.3, -0.25) is 14.4 Å². The van der Waals surface area contributed by atoms with E-state index in [1.807, 2.05) is 39.0 Å². The highest BCUT2D eigenvalue weighted by molar-refractivity contribution is 5.96. The molecule has 1 aromatic carbocycles. The van der Waals surface area contributed by atoms with Gasteiger partial charge in [-0.05, 0) is 31.9 Å². The van der Waals surface area contributed by atoms with Crippen LogP contribution >= 0.6 is 0 Å². The molecule has 7 heteroatoms. The number of quaternary nitrogens is 1. The normalized spacial score (nSPS) is 16.1. The van der Waals surface area contributed by atoms with Crippen molar-refractivity contribution in [3.63, 3.8) is 0 Å². The molecule has 1 heterocycles. The molecule has 0 spiro atoms. The fourth-order valence-electron chi connectivity index (χ4n) is 3.24. The summed E-state index contributed by atoms with van der Waals surface area (Å²) in [5.41, 5.74) is 2.78. The zero-order valence-electron chi connectivity index (χ0n) is 16.0. The molecule has 0 unspecified atom stereocenters. The molecule has 3 amide bonds. The number of rotatable bonds is 5. The molecule has 0 aromatic heterocycles. The standard InChI is InChI=1S/C19H28N4O3/c1-13-6-5-7-14(2)18(13)21-17(25)12-20-19(26)15(3)22-8-10-23(11-9-22)16(4)24/h5-7,15H,8-12H2,1-4H3,(H,20,26)(H,21,25)/p+1/t15-/m1/s1. The summed E-state index contributed by atoms with van der Waals surface area (Å²) in [5, 5.41) is 5.59. The Hall–Kier alpha value is -2.41. The van der Waals surface area contributed by atoms with Crippen LogP contribution in [0.2, 0.25) is 0 Å². The lowest BCUT2D eigenvalue weighted by Crippen LogP contribution is -3.19. The Balaban J connectivity index is 1.80. The molecule has 1 atom stereocenters. The molecule has 0 saturated carbocycles. The van der Waals surface area contributed by atoms with E-state index in [0.717, 1.165) is 34.8 Å². The number of nitrogens with zero attached hydrogens (tertiary/aromatic N) is 1. The molecule has 1 saturated heterocycles. The van der Waals surface area contributed by atoms with E-state index in [-0.39, 0.29) is 30.3 Å². The number of hydrogen-bond donors (Lipinski definition) is 3. The first-order valence-electron chi connectivity index (χ1n) is 9.03. The summed E-state index contributed by atoms with van der Waals surface area (Å²) >= 11 is 0. The Bertz CT molecular complexity index is 661. The second-order valence-electron chi connectivity index (χ2n) is 6.92. The lowest BCUT2D eigenvalue weighted by molar-refractivity contribution is -0.917. The van der Waals surface area contributed by atoms with Gasteiger partial charge < -0.3 is 20.4 Å². The number of hydrogen-bond acceptors (Lipinski definition) is 3. The summed E-state index contributed by atoms with van der Waals surface area (Å²) < 4.78 is 0. The van der Waals surface area contributed by atoms with Crippen LogP contribution in [0, 0.1) is 13.8 Å². The summed E-state index contributed by atoms with van der Waals surface area (Å²) in [4.78, 5) is 38.8. The maximum atomic E-state index is 12.4. The van der Waals surface area contributed by atoms with E-state index in [4.69, 9.17) is 0 Å². The number of amides is 3. The monoisotopic (exact) mass is 361 g/mol. The molecule has 0 bridgehead atoms. The third-order valence-corrected chi connectivity index (χ3v) is 5.03. The van der Waals surface area contributed by atoms with Crippen molar-refractivity contribution < 1.29 is 19.3 Å². The van der Waals surface area contributed by atoms with Gasteiger partial charge in [0.15, 0.2) is 6.04 Å². The first kappa shape index (κ1) is 19.9.